The Labute approximate surface area is 365 Å². The zero-order valence-electron chi connectivity index (χ0n) is 35.7. The van der Waals surface area contributed by atoms with Gasteiger partial charge in [-0.25, -0.2) is 14.4 Å². The Hall–Kier alpha value is -4.95. The van der Waals surface area contributed by atoms with Gasteiger partial charge in [0.15, 0.2) is 17.4 Å². The summed E-state index contributed by atoms with van der Waals surface area (Å²) in [6.07, 6.45) is 15.6. The van der Waals surface area contributed by atoms with E-state index in [1.54, 1.807) is 12.1 Å². The van der Waals surface area contributed by atoms with Crippen LogP contribution < -0.4 is 20.9 Å². The predicted molar refractivity (Wildman–Crippen MR) is 239 cm³/mol. The van der Waals surface area contributed by atoms with Crippen LogP contribution in [-0.4, -0.2) is 96.2 Å². The first-order valence-corrected chi connectivity index (χ1v) is 24.3. The molecule has 3 saturated carbocycles. The van der Waals surface area contributed by atoms with Crippen molar-refractivity contribution < 1.29 is 19.1 Å². The van der Waals surface area contributed by atoms with Gasteiger partial charge in [-0.15, -0.1) is 10.2 Å². The van der Waals surface area contributed by atoms with Gasteiger partial charge in [0, 0.05) is 76.8 Å². The fraction of sp³-hybridized carbons (Fsp3) is 0.542. The van der Waals surface area contributed by atoms with E-state index in [4.69, 9.17) is 15.7 Å². The van der Waals surface area contributed by atoms with Gasteiger partial charge in [-0.1, -0.05) is 18.2 Å². The number of piperidine rings is 2. The molecule has 0 spiro atoms. The molecule has 14 heteroatoms. The Balaban J connectivity index is 0.719. The summed E-state index contributed by atoms with van der Waals surface area (Å²) in [6, 6.07) is 15.8. The first-order valence-electron chi connectivity index (χ1n) is 23.3. The number of hydrogen-bond acceptors (Lipinski definition) is 11. The molecule has 0 radical (unpaired) electrons. The summed E-state index contributed by atoms with van der Waals surface area (Å²) in [5, 5.41) is 21.0. The van der Waals surface area contributed by atoms with Gasteiger partial charge in [-0.05, 0) is 155 Å². The smallest absolute Gasteiger partial charge is 0.247 e. The largest absolute Gasteiger partial charge is 0.504 e. The van der Waals surface area contributed by atoms with Crippen LogP contribution in [0.1, 0.15) is 112 Å². The number of imide groups is 1. The van der Waals surface area contributed by atoms with Crippen LogP contribution in [0.2, 0.25) is 0 Å². The Kier molecular flexibility index (Phi) is 9.90. The molecule has 6 heterocycles. The van der Waals surface area contributed by atoms with Crippen LogP contribution in [0.5, 0.6) is 5.75 Å². The van der Waals surface area contributed by atoms with Crippen molar-refractivity contribution in [3.8, 4) is 17.0 Å². The molecule has 324 valence electrons. The second-order valence-corrected chi connectivity index (χ2v) is 21.4. The number of carbonyl (C=O) groups excluding carboxylic acids is 2. The quantitative estimate of drug-likeness (QED) is 0.164. The summed E-state index contributed by atoms with van der Waals surface area (Å²) in [7, 11) is 0.687. The second kappa shape index (κ2) is 15.4. The summed E-state index contributed by atoms with van der Waals surface area (Å²) in [4.78, 5) is 43.0. The molecule has 3 saturated heterocycles. The molecule has 6 fully saturated rings. The first-order chi connectivity index (χ1) is 30.1. The lowest BCUT2D eigenvalue weighted by Gasteiger charge is -2.51. The maximum atomic E-state index is 14.2. The molecule has 2 amide bonds. The number of fused-ring (bicyclic) bond motifs is 4. The van der Waals surface area contributed by atoms with Crippen molar-refractivity contribution >= 4 is 39.2 Å². The molecule has 11 rings (SSSR count). The standard InChI is InChI=1S/C48H58FN9O3Si/c49-37-5-1-4-35(43(37)60)39-26-41(44(50)55-54-39)57-23-16-31-11-18-47(31,36-25-30(36)27-57)45-51-20-13-38(52-45)29-14-21-56(22-15-29)32-9-7-28(8-10-32)33-3-2-6-40-34(33)17-24-58(40)48(62)19-12-42(59)53-46(48)61/h1-6,13,20,26,28-32,36,60H,7-12,14-19,21-25,27H2,62H3,(H2,50,55)(H,53,59,61)/t28-,30-,31-,32-,36?,47?,48-/m0/s1. The van der Waals surface area contributed by atoms with E-state index >= 15 is 0 Å². The zero-order valence-corrected chi connectivity index (χ0v) is 37.7. The lowest BCUT2D eigenvalue weighted by atomic mass is 9.54. The number of phenols is 1. The summed E-state index contributed by atoms with van der Waals surface area (Å²) in [5.74, 6) is 2.61. The van der Waals surface area contributed by atoms with E-state index in [0.29, 0.717) is 75.8 Å². The first kappa shape index (κ1) is 39.9. The molecule has 5 atom stereocenters. The number of nitrogens with zero attached hydrogens (tertiary/aromatic N) is 7. The number of halogens is 1. The molecule has 4 aromatic rings. The number of para-hydroxylation sites is 1. The number of nitrogens with one attached hydrogen (secondary N) is 1. The van der Waals surface area contributed by atoms with Gasteiger partial charge >= 0.3 is 0 Å². The normalized spacial score (nSPS) is 31.3. The van der Waals surface area contributed by atoms with Crippen LogP contribution in [0.3, 0.4) is 0 Å². The molecular formula is C48H58FN9O3Si. The van der Waals surface area contributed by atoms with E-state index in [0.717, 1.165) is 82.8 Å². The number of hydrogen-bond donors (Lipinski definition) is 3. The number of nitrogen functional groups attached to an aromatic ring is 1. The molecule has 2 aromatic carbocycles. The third-order valence-electron chi connectivity index (χ3n) is 16.8. The highest BCUT2D eigenvalue weighted by Crippen LogP contribution is 2.65. The minimum Gasteiger partial charge on any atom is -0.504 e. The SMILES string of the molecule is Nc1nnc(-c2cccc(F)c2O)cc1N1CC[C@@H]2CCC2(c2nccc(C3CCN([C@H]4CC[C@H](c5cccc6c5CCN6[C@]5([SiH3])CCC(=O)NC5=O)CC4)CC3)n2)C2C[C@H]2C1. The molecule has 3 aliphatic carbocycles. The Morgan fingerprint density at radius 1 is 0.871 bits per heavy atom. The third kappa shape index (κ3) is 6.60. The summed E-state index contributed by atoms with van der Waals surface area (Å²) >= 11 is 0. The van der Waals surface area contributed by atoms with Crippen LogP contribution >= 0.6 is 0 Å². The number of rotatable bonds is 7. The van der Waals surface area contributed by atoms with Crippen LogP contribution in [0.15, 0.2) is 54.7 Å². The van der Waals surface area contributed by atoms with Gasteiger partial charge in [0.1, 0.15) is 5.82 Å². The zero-order chi connectivity index (χ0) is 42.3. The Morgan fingerprint density at radius 2 is 1.69 bits per heavy atom. The van der Waals surface area contributed by atoms with Crippen LogP contribution in [0, 0.1) is 23.6 Å². The highest BCUT2D eigenvalue weighted by atomic mass is 28.1. The Bertz CT molecular complexity index is 2420. The highest BCUT2D eigenvalue weighted by molar-refractivity contribution is 6.33. The number of benzene rings is 2. The number of aromatic nitrogens is 4. The van der Waals surface area contributed by atoms with Crippen LogP contribution in [-0.2, 0) is 21.4 Å². The van der Waals surface area contributed by atoms with Crippen LogP contribution in [0.4, 0.5) is 21.6 Å². The molecule has 0 bridgehead atoms. The topological polar surface area (TPSA) is 154 Å². The number of nitrogens with two attached hydrogens (primary N) is 1. The van der Waals surface area contributed by atoms with Crippen molar-refractivity contribution in [3.63, 3.8) is 0 Å². The van der Waals surface area contributed by atoms with Gasteiger partial charge in [0.25, 0.3) is 0 Å². The number of aromatic hydroxyl groups is 1. The monoisotopic (exact) mass is 855 g/mol. The van der Waals surface area contributed by atoms with E-state index in [1.807, 2.05) is 12.3 Å². The van der Waals surface area contributed by atoms with E-state index in [2.05, 4.69) is 54.5 Å². The lowest BCUT2D eigenvalue weighted by molar-refractivity contribution is -0.135. The van der Waals surface area contributed by atoms with Crippen molar-refractivity contribution in [2.24, 2.45) is 17.8 Å². The fourth-order valence-corrected chi connectivity index (χ4v) is 13.9. The van der Waals surface area contributed by atoms with Gasteiger partial charge in [0.2, 0.25) is 11.8 Å². The van der Waals surface area contributed by atoms with Crippen molar-refractivity contribution in [1.82, 2.24) is 30.4 Å². The minimum absolute atomic E-state index is 0.0362. The summed E-state index contributed by atoms with van der Waals surface area (Å²) in [6.45, 7) is 4.78. The molecule has 12 nitrogen and oxygen atoms in total. The summed E-state index contributed by atoms with van der Waals surface area (Å²) < 4.78 is 14.2. The molecule has 2 unspecified atom stereocenters. The molecule has 4 aliphatic heterocycles. The molecule has 4 N–H and O–H groups in total. The van der Waals surface area contributed by atoms with Gasteiger partial charge in [-0.3, -0.25) is 14.9 Å². The van der Waals surface area contributed by atoms with Crippen molar-refractivity contribution in [3.05, 3.63) is 83.2 Å². The highest BCUT2D eigenvalue weighted by Gasteiger charge is 2.63. The Morgan fingerprint density at radius 3 is 2.48 bits per heavy atom. The van der Waals surface area contributed by atoms with Gasteiger partial charge in [-0.2, -0.15) is 0 Å². The average Bonchev–Trinajstić information content (AvgIpc) is 3.88. The minimum atomic E-state index is -0.687. The predicted octanol–water partition coefficient (Wildman–Crippen LogP) is 5.32. The maximum absolute atomic E-state index is 14.2. The van der Waals surface area contributed by atoms with Crippen molar-refractivity contribution in [2.45, 2.75) is 112 Å². The third-order valence-corrected chi connectivity index (χ3v) is 18.3. The van der Waals surface area contributed by atoms with E-state index in [-0.39, 0.29) is 17.2 Å². The number of carbonyl (C=O) groups is 2. The fourth-order valence-electron chi connectivity index (χ4n) is 13.0. The molecular weight excluding hydrogens is 798 g/mol. The number of phenolic OH excluding ortho intramolecular Hbond substituents is 1. The lowest BCUT2D eigenvalue weighted by Crippen LogP contribution is -2.63. The molecule has 62 heavy (non-hydrogen) atoms. The summed E-state index contributed by atoms with van der Waals surface area (Å²) in [5.41, 5.74) is 13.3. The number of amides is 2. The number of likely N-dealkylation sites (tertiary alicyclic amines) is 1. The molecule has 7 aliphatic rings. The van der Waals surface area contributed by atoms with E-state index in [9.17, 15) is 19.1 Å². The van der Waals surface area contributed by atoms with Crippen LogP contribution in [0.25, 0.3) is 11.3 Å². The van der Waals surface area contributed by atoms with Crippen molar-refractivity contribution in [1.29, 1.82) is 0 Å². The van der Waals surface area contributed by atoms with Gasteiger partial charge < -0.3 is 25.5 Å². The van der Waals surface area contributed by atoms with Crippen molar-refractivity contribution in [2.75, 3.05) is 48.3 Å². The second-order valence-electron chi connectivity index (χ2n) is 19.8. The maximum Gasteiger partial charge on any atom is 0.247 e. The number of anilines is 3. The average molecular weight is 856 g/mol. The molecule has 2 aromatic heterocycles. The van der Waals surface area contributed by atoms with Gasteiger partial charge in [0.05, 0.1) is 16.5 Å². The van der Waals surface area contributed by atoms with E-state index in [1.165, 1.54) is 60.7 Å². The van der Waals surface area contributed by atoms with E-state index < -0.39 is 16.7 Å².